The van der Waals surface area contributed by atoms with Crippen LogP contribution in [0.25, 0.3) is 5.57 Å². The van der Waals surface area contributed by atoms with Gasteiger partial charge in [0.1, 0.15) is 0 Å². The molecule has 0 saturated heterocycles. The van der Waals surface area contributed by atoms with Crippen LogP contribution in [0.4, 0.5) is 0 Å². The zero-order chi connectivity index (χ0) is 15.1. The number of carbonyl (C=O) groups is 1. The Morgan fingerprint density at radius 2 is 1.43 bits per heavy atom. The SMILES string of the molecule is CCCC(=C=C(c1ccccc1)c1ccccc1)C(=O)O. The number of hydrogen-bond donors (Lipinski definition) is 1. The molecular weight excluding hydrogens is 260 g/mol. The normalized spacial score (nSPS) is 9.76. The van der Waals surface area contributed by atoms with Crippen LogP contribution in [0.2, 0.25) is 0 Å². The lowest BCUT2D eigenvalue weighted by Gasteiger charge is -2.06. The molecule has 0 amide bonds. The van der Waals surface area contributed by atoms with E-state index in [1.54, 1.807) is 0 Å². The van der Waals surface area contributed by atoms with Crippen LogP contribution in [0.1, 0.15) is 30.9 Å². The highest BCUT2D eigenvalue weighted by atomic mass is 16.4. The van der Waals surface area contributed by atoms with Gasteiger partial charge in [-0.05, 0) is 17.5 Å². The second-order valence-electron chi connectivity index (χ2n) is 4.77. The molecule has 2 aromatic carbocycles. The van der Waals surface area contributed by atoms with Crippen molar-refractivity contribution >= 4 is 11.5 Å². The molecule has 21 heavy (non-hydrogen) atoms. The number of aliphatic carboxylic acids is 1. The zero-order valence-electron chi connectivity index (χ0n) is 12.0. The minimum atomic E-state index is -0.902. The molecule has 0 aromatic heterocycles. The van der Waals surface area contributed by atoms with E-state index < -0.39 is 5.97 Å². The first-order chi connectivity index (χ1) is 10.2. The average Bonchev–Trinajstić information content (AvgIpc) is 2.53. The smallest absolute Gasteiger partial charge is 0.339 e. The summed E-state index contributed by atoms with van der Waals surface area (Å²) in [6.45, 7) is 1.97. The molecule has 0 radical (unpaired) electrons. The van der Waals surface area contributed by atoms with E-state index in [9.17, 15) is 9.90 Å². The van der Waals surface area contributed by atoms with Crippen molar-refractivity contribution in [3.05, 3.63) is 83.1 Å². The molecule has 0 saturated carbocycles. The summed E-state index contributed by atoms with van der Waals surface area (Å²) in [4.78, 5) is 11.4. The van der Waals surface area contributed by atoms with Crippen LogP contribution in [0.5, 0.6) is 0 Å². The third-order valence-electron chi connectivity index (χ3n) is 3.16. The van der Waals surface area contributed by atoms with Gasteiger partial charge in [-0.3, -0.25) is 0 Å². The summed E-state index contributed by atoms with van der Waals surface area (Å²) < 4.78 is 0. The van der Waals surface area contributed by atoms with Crippen LogP contribution >= 0.6 is 0 Å². The van der Waals surface area contributed by atoms with Crippen molar-refractivity contribution in [3.63, 3.8) is 0 Å². The summed E-state index contributed by atoms with van der Waals surface area (Å²) in [6, 6.07) is 19.6. The zero-order valence-corrected chi connectivity index (χ0v) is 12.0. The molecule has 0 aliphatic rings. The van der Waals surface area contributed by atoms with Gasteiger partial charge >= 0.3 is 5.97 Å². The van der Waals surface area contributed by atoms with E-state index in [1.165, 1.54) is 0 Å². The molecule has 1 N–H and O–H groups in total. The van der Waals surface area contributed by atoms with Crippen LogP contribution in [0, 0.1) is 0 Å². The summed E-state index contributed by atoms with van der Waals surface area (Å²) in [6.07, 6.45) is 1.30. The first-order valence-corrected chi connectivity index (χ1v) is 7.06. The topological polar surface area (TPSA) is 37.3 Å². The summed E-state index contributed by atoms with van der Waals surface area (Å²) in [7, 11) is 0. The minimum Gasteiger partial charge on any atom is -0.477 e. The molecule has 0 heterocycles. The number of rotatable bonds is 5. The predicted octanol–water partition coefficient (Wildman–Crippen LogP) is 4.53. The summed E-state index contributed by atoms with van der Waals surface area (Å²) in [5, 5.41) is 9.33. The second kappa shape index (κ2) is 7.28. The highest BCUT2D eigenvalue weighted by molar-refractivity contribution is 5.90. The molecule has 2 rings (SSSR count). The van der Waals surface area contributed by atoms with Gasteiger partial charge in [-0.15, -0.1) is 5.73 Å². The predicted molar refractivity (Wildman–Crippen MR) is 85.0 cm³/mol. The lowest BCUT2D eigenvalue weighted by molar-refractivity contribution is -0.132. The highest BCUT2D eigenvalue weighted by Crippen LogP contribution is 2.23. The Bertz CT molecular complexity index is 622. The maximum Gasteiger partial charge on any atom is 0.339 e. The van der Waals surface area contributed by atoms with Crippen molar-refractivity contribution in [3.8, 4) is 0 Å². The molecule has 0 bridgehead atoms. The third-order valence-corrected chi connectivity index (χ3v) is 3.16. The van der Waals surface area contributed by atoms with Crippen molar-refractivity contribution in [2.75, 3.05) is 0 Å². The van der Waals surface area contributed by atoms with E-state index in [4.69, 9.17) is 0 Å². The standard InChI is InChI=1S/C19H18O2/c1-2-9-17(19(20)21)14-18(15-10-5-3-6-11-15)16-12-7-4-8-13-16/h3-8,10-13H,2,9H2,1H3,(H,20,21). The molecule has 2 aromatic rings. The van der Waals surface area contributed by atoms with Crippen LogP contribution in [0.3, 0.4) is 0 Å². The first-order valence-electron chi connectivity index (χ1n) is 7.06. The van der Waals surface area contributed by atoms with Gasteiger partial charge in [0.05, 0.1) is 5.57 Å². The van der Waals surface area contributed by atoms with Crippen molar-refractivity contribution in [2.24, 2.45) is 0 Å². The Kier molecular flexibility index (Phi) is 5.14. The molecule has 2 heteroatoms. The number of benzene rings is 2. The maximum atomic E-state index is 11.4. The monoisotopic (exact) mass is 278 g/mol. The number of hydrogen-bond acceptors (Lipinski definition) is 1. The van der Waals surface area contributed by atoms with Gasteiger partial charge < -0.3 is 5.11 Å². The van der Waals surface area contributed by atoms with Crippen molar-refractivity contribution in [1.29, 1.82) is 0 Å². The molecular formula is C19H18O2. The Morgan fingerprint density at radius 3 is 1.81 bits per heavy atom. The molecule has 106 valence electrons. The third kappa shape index (κ3) is 3.95. The van der Waals surface area contributed by atoms with E-state index >= 15 is 0 Å². The molecule has 2 nitrogen and oxygen atoms in total. The van der Waals surface area contributed by atoms with Crippen LogP contribution < -0.4 is 0 Å². The van der Waals surface area contributed by atoms with E-state index in [-0.39, 0.29) is 0 Å². The fourth-order valence-electron chi connectivity index (χ4n) is 2.14. The number of carboxylic acid groups (broad SMARTS) is 1. The Balaban J connectivity index is 2.67. The van der Waals surface area contributed by atoms with Crippen LogP contribution in [-0.2, 0) is 4.79 Å². The Labute approximate surface area is 125 Å². The van der Waals surface area contributed by atoms with Gasteiger partial charge in [-0.1, -0.05) is 74.0 Å². The van der Waals surface area contributed by atoms with E-state index in [2.05, 4.69) is 5.73 Å². The van der Waals surface area contributed by atoms with Crippen molar-refractivity contribution in [2.45, 2.75) is 19.8 Å². The molecule has 0 fully saturated rings. The number of carboxylic acids is 1. The van der Waals surface area contributed by atoms with Gasteiger partial charge in [0.25, 0.3) is 0 Å². The Hall–Kier alpha value is -2.57. The summed E-state index contributed by atoms with van der Waals surface area (Å²) in [5.41, 5.74) is 6.20. The fourth-order valence-corrected chi connectivity index (χ4v) is 2.14. The lowest BCUT2D eigenvalue weighted by Crippen LogP contribution is -1.99. The quantitative estimate of drug-likeness (QED) is 0.644. The second-order valence-corrected chi connectivity index (χ2v) is 4.77. The maximum absolute atomic E-state index is 11.4. The van der Waals surface area contributed by atoms with Crippen molar-refractivity contribution < 1.29 is 9.90 Å². The van der Waals surface area contributed by atoms with Crippen LogP contribution in [-0.4, -0.2) is 11.1 Å². The molecule has 0 aliphatic carbocycles. The first kappa shape index (κ1) is 14.8. The van der Waals surface area contributed by atoms with Crippen molar-refractivity contribution in [1.82, 2.24) is 0 Å². The lowest BCUT2D eigenvalue weighted by atomic mass is 9.97. The molecule has 0 atom stereocenters. The molecule has 0 aliphatic heterocycles. The van der Waals surface area contributed by atoms with Gasteiger partial charge in [0.2, 0.25) is 0 Å². The average molecular weight is 278 g/mol. The van der Waals surface area contributed by atoms with E-state index in [1.807, 2.05) is 67.6 Å². The van der Waals surface area contributed by atoms with Gasteiger partial charge in [0.15, 0.2) is 0 Å². The van der Waals surface area contributed by atoms with Gasteiger partial charge in [-0.2, -0.15) is 0 Å². The highest BCUT2D eigenvalue weighted by Gasteiger charge is 2.08. The van der Waals surface area contributed by atoms with Crippen LogP contribution in [0.15, 0.2) is 72.0 Å². The summed E-state index contributed by atoms with van der Waals surface area (Å²) >= 11 is 0. The van der Waals surface area contributed by atoms with Gasteiger partial charge in [-0.25, -0.2) is 4.79 Å². The van der Waals surface area contributed by atoms with E-state index in [0.29, 0.717) is 12.0 Å². The fraction of sp³-hybridized carbons (Fsp3) is 0.158. The minimum absolute atomic E-state index is 0.320. The summed E-state index contributed by atoms with van der Waals surface area (Å²) in [5.74, 6) is -0.902. The molecule has 0 spiro atoms. The Morgan fingerprint density at radius 1 is 0.952 bits per heavy atom. The largest absolute Gasteiger partial charge is 0.477 e. The molecule has 0 unspecified atom stereocenters. The van der Waals surface area contributed by atoms with Gasteiger partial charge in [0, 0.05) is 5.57 Å². The van der Waals surface area contributed by atoms with E-state index in [0.717, 1.165) is 23.1 Å².